The molecule has 2 aromatic heterocycles. The molecular weight excluding hydrogens is 394 g/mol. The third-order valence-corrected chi connectivity index (χ3v) is 3.95. The summed E-state index contributed by atoms with van der Waals surface area (Å²) in [6.45, 7) is 0.331. The van der Waals surface area contributed by atoms with Gasteiger partial charge in [-0.1, -0.05) is 5.21 Å². The van der Waals surface area contributed by atoms with Crippen LogP contribution in [0, 0.1) is 0 Å². The summed E-state index contributed by atoms with van der Waals surface area (Å²) in [5.74, 6) is 0.790. The van der Waals surface area contributed by atoms with E-state index in [1.165, 1.54) is 18.0 Å². The number of nitrogens with two attached hydrogens (primary N) is 1. The predicted molar refractivity (Wildman–Crippen MR) is 106 cm³/mol. The van der Waals surface area contributed by atoms with Crippen molar-refractivity contribution in [1.82, 2.24) is 35.6 Å². The van der Waals surface area contributed by atoms with Gasteiger partial charge in [0.25, 0.3) is 5.91 Å². The van der Waals surface area contributed by atoms with Gasteiger partial charge in [-0.05, 0) is 36.5 Å². The van der Waals surface area contributed by atoms with Gasteiger partial charge in [-0.15, -0.1) is 5.10 Å². The third-order valence-electron chi connectivity index (χ3n) is 3.95. The van der Waals surface area contributed by atoms with Crippen molar-refractivity contribution in [3.05, 3.63) is 35.2 Å². The van der Waals surface area contributed by atoms with E-state index in [1.807, 2.05) is 19.0 Å². The second kappa shape index (κ2) is 9.00. The number of carbonyl (C=O) groups excluding carboxylic acids is 1. The highest BCUT2D eigenvalue weighted by Gasteiger charge is 2.24. The van der Waals surface area contributed by atoms with Crippen molar-refractivity contribution in [3.8, 4) is 17.3 Å². The van der Waals surface area contributed by atoms with E-state index in [0.717, 1.165) is 0 Å². The Kier molecular flexibility index (Phi) is 6.22. The number of ether oxygens (including phenoxy) is 2. The monoisotopic (exact) mass is 415 g/mol. The van der Waals surface area contributed by atoms with Crippen molar-refractivity contribution >= 4 is 17.9 Å². The number of anilines is 1. The van der Waals surface area contributed by atoms with Gasteiger partial charge in [0.05, 0.1) is 26.1 Å². The summed E-state index contributed by atoms with van der Waals surface area (Å²) in [4.78, 5) is 14.5. The molecule has 0 aliphatic rings. The maximum absolute atomic E-state index is 12.7. The molecule has 0 atom stereocenters. The molecule has 3 N–H and O–H groups in total. The molecule has 3 rings (SSSR count). The average Bonchev–Trinajstić information content (AvgIpc) is 3.33. The topological polar surface area (TPSA) is 159 Å². The second-order valence-electron chi connectivity index (χ2n) is 6.31. The molecule has 1 aromatic carbocycles. The molecule has 0 aliphatic heterocycles. The van der Waals surface area contributed by atoms with E-state index in [2.05, 4.69) is 35.8 Å². The number of aromatic nitrogens is 5. The molecule has 0 fully saturated rings. The van der Waals surface area contributed by atoms with E-state index in [1.54, 1.807) is 25.3 Å². The van der Waals surface area contributed by atoms with E-state index in [0.29, 0.717) is 29.3 Å². The number of hydrazone groups is 1. The van der Waals surface area contributed by atoms with Crippen LogP contribution in [0.15, 0.2) is 27.9 Å². The van der Waals surface area contributed by atoms with Gasteiger partial charge in [0, 0.05) is 18.2 Å². The zero-order valence-corrected chi connectivity index (χ0v) is 16.9. The lowest BCUT2D eigenvalue weighted by atomic mass is 10.2. The van der Waals surface area contributed by atoms with Gasteiger partial charge in [-0.25, -0.2) is 10.1 Å². The van der Waals surface area contributed by atoms with E-state index in [-0.39, 0.29) is 17.3 Å². The largest absolute Gasteiger partial charge is 0.497 e. The van der Waals surface area contributed by atoms with Crippen molar-refractivity contribution in [2.75, 3.05) is 34.0 Å². The van der Waals surface area contributed by atoms with Gasteiger partial charge in [-0.2, -0.15) is 9.78 Å². The fraction of sp³-hybridized carbons (Fsp3) is 0.294. The van der Waals surface area contributed by atoms with Gasteiger partial charge in [0.2, 0.25) is 11.6 Å². The molecule has 0 aliphatic carbocycles. The zero-order valence-electron chi connectivity index (χ0n) is 16.9. The molecule has 158 valence electrons. The minimum absolute atomic E-state index is 0.0245. The Balaban J connectivity index is 1.83. The molecule has 30 heavy (non-hydrogen) atoms. The first-order valence-electron chi connectivity index (χ1n) is 8.67. The molecule has 0 radical (unpaired) electrons. The molecule has 0 saturated carbocycles. The Hall–Kier alpha value is -4.00. The van der Waals surface area contributed by atoms with Crippen LogP contribution in [0.4, 0.5) is 5.82 Å². The number of hydrogen-bond donors (Lipinski definition) is 2. The van der Waals surface area contributed by atoms with Crippen LogP contribution in [-0.2, 0) is 6.54 Å². The van der Waals surface area contributed by atoms with Crippen LogP contribution in [-0.4, -0.2) is 70.6 Å². The van der Waals surface area contributed by atoms with E-state index < -0.39 is 5.91 Å². The summed E-state index contributed by atoms with van der Waals surface area (Å²) < 4.78 is 16.4. The van der Waals surface area contributed by atoms with Crippen LogP contribution < -0.4 is 20.6 Å². The average molecular weight is 415 g/mol. The number of nitrogens with one attached hydrogen (secondary N) is 1. The highest BCUT2D eigenvalue weighted by molar-refractivity contribution is 5.94. The Morgan fingerprint density at radius 2 is 2.13 bits per heavy atom. The summed E-state index contributed by atoms with van der Waals surface area (Å²) in [5, 5.41) is 19.1. The van der Waals surface area contributed by atoms with Crippen LogP contribution >= 0.6 is 0 Å². The number of carbonyl (C=O) groups is 1. The van der Waals surface area contributed by atoms with Crippen molar-refractivity contribution in [1.29, 1.82) is 0 Å². The number of rotatable bonds is 8. The minimum Gasteiger partial charge on any atom is -0.497 e. The highest BCUT2D eigenvalue weighted by Crippen LogP contribution is 2.23. The fourth-order valence-corrected chi connectivity index (χ4v) is 2.57. The van der Waals surface area contributed by atoms with Crippen LogP contribution in [0.5, 0.6) is 11.5 Å². The van der Waals surface area contributed by atoms with Crippen molar-refractivity contribution in [3.63, 3.8) is 0 Å². The number of nitrogens with zero attached hydrogens (tertiary/aromatic N) is 7. The van der Waals surface area contributed by atoms with Gasteiger partial charge in [0.15, 0.2) is 5.69 Å². The SMILES string of the molecule is COc1ccc(/C=N\NC(=O)c2nnn(-c3nonc3N)c2CN(C)C)c(OC)c1. The second-order valence-corrected chi connectivity index (χ2v) is 6.31. The van der Waals surface area contributed by atoms with Crippen LogP contribution in [0.1, 0.15) is 21.7 Å². The first-order valence-corrected chi connectivity index (χ1v) is 8.67. The molecular formula is C17H21N9O4. The summed E-state index contributed by atoms with van der Waals surface area (Å²) >= 11 is 0. The van der Waals surface area contributed by atoms with Crippen LogP contribution in [0.2, 0.25) is 0 Å². The number of hydrogen-bond acceptors (Lipinski definition) is 11. The van der Waals surface area contributed by atoms with Crippen LogP contribution in [0.3, 0.4) is 0 Å². The van der Waals surface area contributed by atoms with Gasteiger partial charge >= 0.3 is 0 Å². The molecule has 0 bridgehead atoms. The van der Waals surface area contributed by atoms with Crippen LogP contribution in [0.25, 0.3) is 5.82 Å². The maximum Gasteiger partial charge on any atom is 0.293 e. The molecule has 13 heteroatoms. The third kappa shape index (κ3) is 4.35. The number of amides is 1. The lowest BCUT2D eigenvalue weighted by molar-refractivity contribution is 0.0948. The Labute approximate surface area is 171 Å². The molecule has 0 saturated heterocycles. The molecule has 3 aromatic rings. The molecule has 13 nitrogen and oxygen atoms in total. The summed E-state index contributed by atoms with van der Waals surface area (Å²) in [6, 6.07) is 5.21. The van der Waals surface area contributed by atoms with E-state index in [4.69, 9.17) is 15.2 Å². The summed E-state index contributed by atoms with van der Waals surface area (Å²) in [7, 11) is 6.75. The lowest BCUT2D eigenvalue weighted by Gasteiger charge is -2.11. The Morgan fingerprint density at radius 1 is 1.33 bits per heavy atom. The molecule has 0 unspecified atom stereocenters. The van der Waals surface area contributed by atoms with Crippen molar-refractivity contribution in [2.24, 2.45) is 5.10 Å². The van der Waals surface area contributed by atoms with Gasteiger partial charge in [-0.3, -0.25) is 4.79 Å². The zero-order chi connectivity index (χ0) is 21.7. The molecule has 0 spiro atoms. The fourth-order valence-electron chi connectivity index (χ4n) is 2.57. The van der Waals surface area contributed by atoms with Crippen molar-refractivity contribution < 1.29 is 18.9 Å². The van der Waals surface area contributed by atoms with Gasteiger partial charge < -0.3 is 20.1 Å². The number of nitrogen functional groups attached to an aromatic ring is 1. The van der Waals surface area contributed by atoms with E-state index in [9.17, 15) is 4.79 Å². The minimum atomic E-state index is -0.558. The summed E-state index contributed by atoms with van der Waals surface area (Å²) in [5.41, 5.74) is 9.32. The normalized spacial score (nSPS) is 11.2. The standard InChI is InChI=1S/C17H21N9O4/c1-25(2)9-12-14(20-24-26(12)16-15(18)22-30-23-16)17(27)21-19-8-10-5-6-11(28-3)7-13(10)29-4/h5-8H,9H2,1-4H3,(H2,18,22)(H,21,27)/b19-8-. The molecule has 1 amide bonds. The smallest absolute Gasteiger partial charge is 0.293 e. The quantitative estimate of drug-likeness (QED) is 0.381. The Bertz CT molecular complexity index is 1060. The van der Waals surface area contributed by atoms with Gasteiger partial charge in [0.1, 0.15) is 11.5 Å². The first-order chi connectivity index (χ1) is 14.4. The Morgan fingerprint density at radius 3 is 2.77 bits per heavy atom. The molecule has 2 heterocycles. The summed E-state index contributed by atoms with van der Waals surface area (Å²) in [6.07, 6.45) is 1.45. The number of benzene rings is 1. The predicted octanol–water partition coefficient (Wildman–Crippen LogP) is 0.0752. The van der Waals surface area contributed by atoms with E-state index >= 15 is 0 Å². The highest BCUT2D eigenvalue weighted by atomic mass is 16.6. The maximum atomic E-state index is 12.7. The first kappa shape index (κ1) is 20.7. The lowest BCUT2D eigenvalue weighted by Crippen LogP contribution is -2.23. The van der Waals surface area contributed by atoms with Crippen molar-refractivity contribution in [2.45, 2.75) is 6.54 Å². The number of methoxy groups -OCH3 is 2.